The molecule has 1 aromatic rings. The second kappa shape index (κ2) is 6.48. The number of carbonyl (C=O) groups excluding carboxylic acids is 1. The molecule has 0 saturated carbocycles. The predicted octanol–water partition coefficient (Wildman–Crippen LogP) is 2.64. The van der Waals surface area contributed by atoms with E-state index in [1.54, 1.807) is 0 Å². The highest BCUT2D eigenvalue weighted by Gasteiger charge is 2.09. The van der Waals surface area contributed by atoms with Crippen LogP contribution < -0.4 is 10.6 Å². The van der Waals surface area contributed by atoms with Crippen LogP contribution in [-0.4, -0.2) is 12.1 Å². The van der Waals surface area contributed by atoms with E-state index in [-0.39, 0.29) is 18.3 Å². The molecule has 0 heterocycles. The Morgan fingerprint density at radius 3 is 2.65 bits per heavy atom. The van der Waals surface area contributed by atoms with E-state index in [0.29, 0.717) is 12.1 Å². The molecule has 2 N–H and O–H groups in total. The van der Waals surface area contributed by atoms with Crippen molar-refractivity contribution in [1.82, 2.24) is 5.32 Å². The average molecular weight is 235 g/mol. The SMILES string of the molecule is CCC(CC#N)NC(=O)Nc1ccc(F)cc1. The molecule has 0 aliphatic heterocycles. The number of anilines is 1. The third-order valence-electron chi connectivity index (χ3n) is 2.27. The van der Waals surface area contributed by atoms with Crippen LogP contribution in [0.4, 0.5) is 14.9 Å². The van der Waals surface area contributed by atoms with Crippen LogP contribution in [0.25, 0.3) is 0 Å². The topological polar surface area (TPSA) is 64.9 Å². The number of amides is 2. The lowest BCUT2D eigenvalue weighted by Crippen LogP contribution is -2.37. The van der Waals surface area contributed by atoms with E-state index in [1.165, 1.54) is 24.3 Å². The Bertz CT molecular complexity index is 411. The molecule has 1 atom stereocenters. The lowest BCUT2D eigenvalue weighted by Gasteiger charge is -2.14. The Balaban J connectivity index is 2.49. The van der Waals surface area contributed by atoms with E-state index in [4.69, 9.17) is 5.26 Å². The van der Waals surface area contributed by atoms with Crippen molar-refractivity contribution in [2.24, 2.45) is 0 Å². The van der Waals surface area contributed by atoms with E-state index in [2.05, 4.69) is 10.6 Å². The first-order valence-corrected chi connectivity index (χ1v) is 5.35. The van der Waals surface area contributed by atoms with Crippen LogP contribution in [0.2, 0.25) is 0 Å². The van der Waals surface area contributed by atoms with Crippen LogP contribution >= 0.6 is 0 Å². The fraction of sp³-hybridized carbons (Fsp3) is 0.333. The quantitative estimate of drug-likeness (QED) is 0.842. The fourth-order valence-corrected chi connectivity index (χ4v) is 1.29. The normalized spacial score (nSPS) is 11.4. The number of hydrogen-bond acceptors (Lipinski definition) is 2. The second-order valence-electron chi connectivity index (χ2n) is 3.57. The summed E-state index contributed by atoms with van der Waals surface area (Å²) in [4.78, 5) is 11.5. The first kappa shape index (κ1) is 13.0. The summed E-state index contributed by atoms with van der Waals surface area (Å²) >= 11 is 0. The summed E-state index contributed by atoms with van der Waals surface area (Å²) in [5.74, 6) is -0.355. The molecule has 0 radical (unpaired) electrons. The van der Waals surface area contributed by atoms with Crippen LogP contribution in [0.15, 0.2) is 24.3 Å². The molecule has 0 saturated heterocycles. The van der Waals surface area contributed by atoms with Gasteiger partial charge >= 0.3 is 6.03 Å². The van der Waals surface area contributed by atoms with E-state index in [1.807, 2.05) is 13.0 Å². The van der Waals surface area contributed by atoms with E-state index >= 15 is 0 Å². The van der Waals surface area contributed by atoms with Gasteiger partial charge < -0.3 is 10.6 Å². The van der Waals surface area contributed by atoms with Crippen LogP contribution in [0.1, 0.15) is 19.8 Å². The molecular formula is C12H14FN3O. The molecule has 0 aliphatic rings. The van der Waals surface area contributed by atoms with E-state index < -0.39 is 6.03 Å². The van der Waals surface area contributed by atoms with Gasteiger partial charge in [-0.2, -0.15) is 5.26 Å². The molecule has 5 heteroatoms. The molecule has 1 aromatic carbocycles. The molecule has 1 rings (SSSR count). The summed E-state index contributed by atoms with van der Waals surface area (Å²) in [6.07, 6.45) is 0.956. The minimum absolute atomic E-state index is 0.166. The Kier molecular flexibility index (Phi) is 4.95. The standard InChI is InChI=1S/C12H14FN3O/c1-2-10(7-8-14)15-12(17)16-11-5-3-9(13)4-6-11/h3-6,10H,2,7H2,1H3,(H2,15,16,17). The van der Waals surface area contributed by atoms with Gasteiger partial charge in [-0.25, -0.2) is 9.18 Å². The number of hydrogen-bond donors (Lipinski definition) is 2. The molecule has 17 heavy (non-hydrogen) atoms. The molecule has 0 aromatic heterocycles. The zero-order valence-corrected chi connectivity index (χ0v) is 9.53. The lowest BCUT2D eigenvalue weighted by molar-refractivity contribution is 0.248. The number of rotatable bonds is 4. The highest BCUT2D eigenvalue weighted by Crippen LogP contribution is 2.08. The van der Waals surface area contributed by atoms with Crippen molar-refractivity contribution in [2.45, 2.75) is 25.8 Å². The molecule has 0 fully saturated rings. The van der Waals surface area contributed by atoms with Gasteiger partial charge in [0.25, 0.3) is 0 Å². The predicted molar refractivity (Wildman–Crippen MR) is 62.9 cm³/mol. The van der Waals surface area contributed by atoms with Crippen LogP contribution in [-0.2, 0) is 0 Å². The number of benzene rings is 1. The monoisotopic (exact) mass is 235 g/mol. The van der Waals surface area contributed by atoms with E-state index in [9.17, 15) is 9.18 Å². The van der Waals surface area contributed by atoms with Gasteiger partial charge in [0.15, 0.2) is 0 Å². The molecule has 0 spiro atoms. The highest BCUT2D eigenvalue weighted by atomic mass is 19.1. The lowest BCUT2D eigenvalue weighted by atomic mass is 10.2. The maximum atomic E-state index is 12.6. The maximum absolute atomic E-state index is 12.6. The average Bonchev–Trinajstić information content (AvgIpc) is 2.31. The molecule has 0 aliphatic carbocycles. The van der Waals surface area contributed by atoms with Crippen molar-refractivity contribution >= 4 is 11.7 Å². The van der Waals surface area contributed by atoms with Gasteiger partial charge in [-0.3, -0.25) is 0 Å². The van der Waals surface area contributed by atoms with Gasteiger partial charge in [-0.05, 0) is 30.7 Å². The largest absolute Gasteiger partial charge is 0.334 e. The number of halogens is 1. The highest BCUT2D eigenvalue weighted by molar-refractivity contribution is 5.89. The Morgan fingerprint density at radius 2 is 2.12 bits per heavy atom. The number of nitrogens with zero attached hydrogens (tertiary/aromatic N) is 1. The molecule has 90 valence electrons. The smallest absolute Gasteiger partial charge is 0.319 e. The molecule has 2 amide bonds. The van der Waals surface area contributed by atoms with Crippen molar-refractivity contribution in [1.29, 1.82) is 5.26 Å². The van der Waals surface area contributed by atoms with Gasteiger partial charge in [0, 0.05) is 11.7 Å². The van der Waals surface area contributed by atoms with Crippen molar-refractivity contribution in [3.05, 3.63) is 30.1 Å². The summed E-state index contributed by atoms with van der Waals surface area (Å²) in [5.41, 5.74) is 0.510. The second-order valence-corrected chi connectivity index (χ2v) is 3.57. The van der Waals surface area contributed by atoms with Gasteiger partial charge in [0.1, 0.15) is 5.82 Å². The van der Waals surface area contributed by atoms with Gasteiger partial charge in [-0.1, -0.05) is 6.92 Å². The van der Waals surface area contributed by atoms with Crippen LogP contribution in [0, 0.1) is 17.1 Å². The first-order valence-electron chi connectivity index (χ1n) is 5.35. The van der Waals surface area contributed by atoms with Crippen molar-refractivity contribution in [3.63, 3.8) is 0 Å². The van der Waals surface area contributed by atoms with Gasteiger partial charge in [-0.15, -0.1) is 0 Å². The molecule has 0 bridgehead atoms. The zero-order valence-electron chi connectivity index (χ0n) is 9.53. The number of nitrogens with one attached hydrogen (secondary N) is 2. The molecule has 4 nitrogen and oxygen atoms in total. The molecular weight excluding hydrogens is 221 g/mol. The van der Waals surface area contributed by atoms with Crippen molar-refractivity contribution in [2.75, 3.05) is 5.32 Å². The minimum atomic E-state index is -0.390. The fourth-order valence-electron chi connectivity index (χ4n) is 1.29. The van der Waals surface area contributed by atoms with Crippen LogP contribution in [0.5, 0.6) is 0 Å². The van der Waals surface area contributed by atoms with Gasteiger partial charge in [0.05, 0.1) is 12.5 Å². The van der Waals surface area contributed by atoms with Crippen LogP contribution in [0.3, 0.4) is 0 Å². The summed E-state index contributed by atoms with van der Waals surface area (Å²) in [6.45, 7) is 1.89. The number of urea groups is 1. The van der Waals surface area contributed by atoms with E-state index in [0.717, 1.165) is 0 Å². The summed E-state index contributed by atoms with van der Waals surface area (Å²) in [7, 11) is 0. The summed E-state index contributed by atoms with van der Waals surface area (Å²) in [6, 6.07) is 6.92. The maximum Gasteiger partial charge on any atom is 0.319 e. The number of nitriles is 1. The van der Waals surface area contributed by atoms with Crippen molar-refractivity contribution < 1.29 is 9.18 Å². The Hall–Kier alpha value is -2.09. The first-order chi connectivity index (χ1) is 8.15. The Labute approximate surface area is 99.4 Å². The third kappa shape index (κ3) is 4.51. The van der Waals surface area contributed by atoms with Gasteiger partial charge in [0.2, 0.25) is 0 Å². The Morgan fingerprint density at radius 1 is 1.47 bits per heavy atom. The zero-order chi connectivity index (χ0) is 12.7. The minimum Gasteiger partial charge on any atom is -0.334 e. The summed E-state index contributed by atoms with van der Waals surface area (Å²) < 4.78 is 12.6. The third-order valence-corrected chi connectivity index (χ3v) is 2.27. The number of carbonyl (C=O) groups is 1. The van der Waals surface area contributed by atoms with Crippen molar-refractivity contribution in [3.8, 4) is 6.07 Å². The molecule has 1 unspecified atom stereocenters. The summed E-state index contributed by atoms with van der Waals surface area (Å²) in [5, 5.41) is 13.8.